The molecule has 1 aliphatic rings. The molecule has 0 bridgehead atoms. The molecule has 9 heavy (non-hydrogen) atoms. The first-order valence-corrected chi connectivity index (χ1v) is 3.93. The van der Waals surface area contributed by atoms with Crippen LogP contribution in [0, 0.1) is 11.8 Å². The van der Waals surface area contributed by atoms with Crippen molar-refractivity contribution < 1.29 is 5.11 Å². The van der Waals surface area contributed by atoms with E-state index in [9.17, 15) is 0 Å². The van der Waals surface area contributed by atoms with Gasteiger partial charge in [-0.15, -0.1) is 0 Å². The van der Waals surface area contributed by atoms with Crippen LogP contribution < -0.4 is 0 Å². The summed E-state index contributed by atoms with van der Waals surface area (Å²) in [5.41, 5.74) is 0. The van der Waals surface area contributed by atoms with E-state index < -0.39 is 0 Å². The second-order valence-electron chi connectivity index (χ2n) is 3.31. The summed E-state index contributed by atoms with van der Waals surface area (Å²) in [4.78, 5) is 0. The van der Waals surface area contributed by atoms with Crippen LogP contribution in [0.25, 0.3) is 0 Å². The van der Waals surface area contributed by atoms with Crippen molar-refractivity contribution in [2.24, 2.45) is 11.8 Å². The van der Waals surface area contributed by atoms with E-state index in [4.69, 9.17) is 5.11 Å². The minimum atomic E-state index is 0.368. The first-order valence-electron chi connectivity index (χ1n) is 3.93. The minimum Gasteiger partial charge on any atom is -0.396 e. The summed E-state index contributed by atoms with van der Waals surface area (Å²) in [6, 6.07) is 0. The van der Waals surface area contributed by atoms with Gasteiger partial charge in [-0.3, -0.25) is 0 Å². The molecule has 1 nitrogen and oxygen atoms in total. The van der Waals surface area contributed by atoms with Crippen LogP contribution in [0.1, 0.15) is 32.6 Å². The van der Waals surface area contributed by atoms with Gasteiger partial charge in [-0.2, -0.15) is 0 Å². The van der Waals surface area contributed by atoms with Crippen LogP contribution in [-0.2, 0) is 0 Å². The fourth-order valence-corrected chi connectivity index (χ4v) is 1.02. The van der Waals surface area contributed by atoms with Gasteiger partial charge in [-0.05, 0) is 18.3 Å². The maximum atomic E-state index is 8.67. The maximum Gasteiger partial charge on any atom is 0.0456 e. The van der Waals surface area contributed by atoms with Gasteiger partial charge < -0.3 is 5.11 Å². The summed E-state index contributed by atoms with van der Waals surface area (Å²) >= 11 is 0. The molecule has 1 fully saturated rings. The second kappa shape index (κ2) is 3.21. The Bertz CT molecular complexity index is 76.6. The Labute approximate surface area is 57.1 Å². The molecule has 0 aromatic rings. The van der Waals surface area contributed by atoms with E-state index in [1.807, 2.05) is 0 Å². The van der Waals surface area contributed by atoms with Gasteiger partial charge in [0.15, 0.2) is 0 Å². The smallest absolute Gasteiger partial charge is 0.0456 e. The average Bonchev–Trinajstić information content (AvgIpc) is 2.65. The van der Waals surface area contributed by atoms with Gasteiger partial charge in [0.2, 0.25) is 0 Å². The summed E-state index contributed by atoms with van der Waals surface area (Å²) in [5.74, 6) is 1.56. The van der Waals surface area contributed by atoms with Gasteiger partial charge >= 0.3 is 0 Å². The van der Waals surface area contributed by atoms with Crippen molar-refractivity contribution in [1.29, 1.82) is 0 Å². The molecule has 0 radical (unpaired) electrons. The van der Waals surface area contributed by atoms with Crippen molar-refractivity contribution in [3.8, 4) is 0 Å². The van der Waals surface area contributed by atoms with Gasteiger partial charge in [-0.1, -0.05) is 26.2 Å². The molecule has 1 unspecified atom stereocenters. The Hall–Kier alpha value is -0.0400. The third-order valence-corrected chi connectivity index (χ3v) is 2.08. The molecular weight excluding hydrogens is 112 g/mol. The molecule has 1 heteroatoms. The number of hydrogen-bond donors (Lipinski definition) is 1. The molecule has 1 N–H and O–H groups in total. The molecule has 0 amide bonds. The predicted molar refractivity (Wildman–Crippen MR) is 38.2 cm³/mol. The zero-order chi connectivity index (χ0) is 6.69. The monoisotopic (exact) mass is 128 g/mol. The van der Waals surface area contributed by atoms with Crippen molar-refractivity contribution in [2.75, 3.05) is 6.61 Å². The van der Waals surface area contributed by atoms with Crippen molar-refractivity contribution in [2.45, 2.75) is 32.6 Å². The Kier molecular flexibility index (Phi) is 2.52. The van der Waals surface area contributed by atoms with E-state index >= 15 is 0 Å². The Morgan fingerprint density at radius 1 is 1.56 bits per heavy atom. The SMILES string of the molecule is CC(CO)CCC1CC1. The Morgan fingerprint density at radius 2 is 2.22 bits per heavy atom. The number of hydrogen-bond acceptors (Lipinski definition) is 1. The molecule has 0 aromatic heterocycles. The lowest BCUT2D eigenvalue weighted by Gasteiger charge is -2.04. The Balaban J connectivity index is 1.90. The molecule has 0 heterocycles. The highest BCUT2D eigenvalue weighted by atomic mass is 16.3. The van der Waals surface area contributed by atoms with Crippen LogP contribution in [0.2, 0.25) is 0 Å². The first kappa shape index (κ1) is 7.07. The highest BCUT2D eigenvalue weighted by Crippen LogP contribution is 2.34. The number of aliphatic hydroxyl groups is 1. The van der Waals surface area contributed by atoms with Gasteiger partial charge in [0, 0.05) is 6.61 Å². The third kappa shape index (κ3) is 2.85. The van der Waals surface area contributed by atoms with Crippen LogP contribution in [0.3, 0.4) is 0 Å². The standard InChI is InChI=1S/C8H16O/c1-7(6-9)2-3-8-4-5-8/h7-9H,2-6H2,1H3. The van der Waals surface area contributed by atoms with Crippen LogP contribution in [0.4, 0.5) is 0 Å². The van der Waals surface area contributed by atoms with Crippen molar-refractivity contribution in [3.63, 3.8) is 0 Å². The van der Waals surface area contributed by atoms with E-state index in [1.165, 1.54) is 25.7 Å². The molecule has 0 saturated heterocycles. The first-order chi connectivity index (χ1) is 4.33. The Morgan fingerprint density at radius 3 is 2.67 bits per heavy atom. The summed E-state index contributed by atoms with van der Waals surface area (Å²) in [6.07, 6.45) is 5.46. The third-order valence-electron chi connectivity index (χ3n) is 2.08. The number of rotatable bonds is 4. The van der Waals surface area contributed by atoms with E-state index in [-0.39, 0.29) is 0 Å². The molecule has 1 aliphatic carbocycles. The lowest BCUT2D eigenvalue weighted by atomic mass is 10.1. The summed E-state index contributed by atoms with van der Waals surface area (Å²) in [6.45, 7) is 2.48. The van der Waals surface area contributed by atoms with Crippen LogP contribution in [-0.4, -0.2) is 11.7 Å². The number of aliphatic hydroxyl groups excluding tert-OH is 1. The second-order valence-corrected chi connectivity index (χ2v) is 3.31. The average molecular weight is 128 g/mol. The molecule has 1 atom stereocenters. The summed E-state index contributed by atoms with van der Waals surface area (Å²) in [7, 11) is 0. The van der Waals surface area contributed by atoms with Crippen molar-refractivity contribution in [3.05, 3.63) is 0 Å². The zero-order valence-electron chi connectivity index (χ0n) is 6.14. The quantitative estimate of drug-likeness (QED) is 0.612. The minimum absolute atomic E-state index is 0.368. The van der Waals surface area contributed by atoms with Crippen molar-refractivity contribution >= 4 is 0 Å². The molecular formula is C8H16O. The van der Waals surface area contributed by atoms with Gasteiger partial charge in [0.1, 0.15) is 0 Å². The van der Waals surface area contributed by atoms with E-state index in [0.717, 1.165) is 5.92 Å². The molecule has 0 aliphatic heterocycles. The highest BCUT2D eigenvalue weighted by molar-refractivity contribution is 4.73. The molecule has 0 spiro atoms. The van der Waals surface area contributed by atoms with E-state index in [2.05, 4.69) is 6.92 Å². The summed E-state index contributed by atoms with van der Waals surface area (Å²) in [5, 5.41) is 8.67. The fourth-order valence-electron chi connectivity index (χ4n) is 1.02. The van der Waals surface area contributed by atoms with E-state index in [0.29, 0.717) is 12.5 Å². The lowest BCUT2D eigenvalue weighted by Crippen LogP contribution is -2.00. The van der Waals surface area contributed by atoms with E-state index in [1.54, 1.807) is 0 Å². The lowest BCUT2D eigenvalue weighted by molar-refractivity contribution is 0.226. The van der Waals surface area contributed by atoms with Gasteiger partial charge in [0.05, 0.1) is 0 Å². The topological polar surface area (TPSA) is 20.2 Å². The molecule has 54 valence electrons. The predicted octanol–water partition coefficient (Wildman–Crippen LogP) is 1.80. The normalized spacial score (nSPS) is 22.0. The largest absolute Gasteiger partial charge is 0.396 e. The van der Waals surface area contributed by atoms with Crippen molar-refractivity contribution in [1.82, 2.24) is 0 Å². The molecule has 1 rings (SSSR count). The molecule has 1 saturated carbocycles. The fraction of sp³-hybridized carbons (Fsp3) is 1.00. The van der Waals surface area contributed by atoms with Gasteiger partial charge in [-0.25, -0.2) is 0 Å². The maximum absolute atomic E-state index is 8.67. The van der Waals surface area contributed by atoms with Crippen LogP contribution >= 0.6 is 0 Å². The molecule has 0 aromatic carbocycles. The summed E-state index contributed by atoms with van der Waals surface area (Å²) < 4.78 is 0. The van der Waals surface area contributed by atoms with Gasteiger partial charge in [0.25, 0.3) is 0 Å². The van der Waals surface area contributed by atoms with Crippen LogP contribution in [0.5, 0.6) is 0 Å². The van der Waals surface area contributed by atoms with Crippen LogP contribution in [0.15, 0.2) is 0 Å². The highest BCUT2D eigenvalue weighted by Gasteiger charge is 2.20. The zero-order valence-corrected chi connectivity index (χ0v) is 6.14.